The predicted octanol–water partition coefficient (Wildman–Crippen LogP) is 3.04. The first kappa shape index (κ1) is 14.5. The van der Waals surface area contributed by atoms with E-state index in [1.54, 1.807) is 18.4 Å². The molecule has 1 aliphatic rings. The highest BCUT2D eigenvalue weighted by atomic mass is 32.1. The van der Waals surface area contributed by atoms with Gasteiger partial charge in [-0.1, -0.05) is 12.1 Å². The monoisotopic (exact) mass is 304 g/mol. The number of carbonyl (C=O) groups is 1. The molecule has 0 aliphatic carbocycles. The van der Waals surface area contributed by atoms with Crippen molar-refractivity contribution in [3.8, 4) is 0 Å². The number of fused-ring (bicyclic) bond motifs is 1. The molecule has 1 aliphatic heterocycles. The number of piperidine rings is 1. The van der Waals surface area contributed by atoms with Crippen molar-refractivity contribution in [2.45, 2.75) is 31.8 Å². The Bertz CT molecular complexity index is 599. The van der Waals surface area contributed by atoms with Gasteiger partial charge in [0, 0.05) is 26.1 Å². The molecule has 0 N–H and O–H groups in total. The smallest absolute Gasteiger partial charge is 0.251 e. The molecule has 1 amide bonds. The van der Waals surface area contributed by atoms with Gasteiger partial charge in [-0.2, -0.15) is 0 Å². The molecule has 1 aromatic heterocycles. The van der Waals surface area contributed by atoms with Crippen LogP contribution in [0.25, 0.3) is 10.2 Å². The van der Waals surface area contributed by atoms with E-state index < -0.39 is 0 Å². The van der Waals surface area contributed by atoms with Gasteiger partial charge in [0.05, 0.1) is 15.2 Å². The number of para-hydroxylation sites is 1. The molecule has 2 heterocycles. The fourth-order valence-corrected chi connectivity index (χ4v) is 3.91. The van der Waals surface area contributed by atoms with Gasteiger partial charge in [-0.3, -0.25) is 4.79 Å². The van der Waals surface area contributed by atoms with E-state index in [1.165, 1.54) is 9.71 Å². The minimum absolute atomic E-state index is 0.0975. The topological polar surface area (TPSA) is 42.4 Å². The van der Waals surface area contributed by atoms with Gasteiger partial charge in [0.15, 0.2) is 0 Å². The first-order chi connectivity index (χ1) is 10.2. The van der Waals surface area contributed by atoms with Crippen LogP contribution in [0.2, 0.25) is 0 Å². The van der Waals surface area contributed by atoms with Crippen molar-refractivity contribution in [1.82, 2.24) is 9.88 Å². The summed E-state index contributed by atoms with van der Waals surface area (Å²) < 4.78 is 6.36. The largest absolute Gasteiger partial charge is 0.372 e. The van der Waals surface area contributed by atoms with Gasteiger partial charge in [-0.15, -0.1) is 11.3 Å². The quantitative estimate of drug-likeness (QED) is 0.875. The Labute approximate surface area is 128 Å². The number of thiazole rings is 1. The zero-order valence-electron chi connectivity index (χ0n) is 12.4. The number of rotatable bonds is 3. The molecule has 3 rings (SSSR count). The molecule has 1 fully saturated rings. The zero-order valence-corrected chi connectivity index (χ0v) is 13.2. The molecule has 0 spiro atoms. The Balaban J connectivity index is 1.67. The average Bonchev–Trinajstić information content (AvgIpc) is 2.97. The van der Waals surface area contributed by atoms with Crippen LogP contribution in [0.5, 0.6) is 0 Å². The van der Waals surface area contributed by atoms with E-state index in [0.29, 0.717) is 5.92 Å². The van der Waals surface area contributed by atoms with Crippen molar-refractivity contribution in [2.24, 2.45) is 0 Å². The first-order valence-electron chi connectivity index (χ1n) is 7.36. The number of benzene rings is 1. The van der Waals surface area contributed by atoms with Gasteiger partial charge in [0.1, 0.15) is 6.10 Å². The second kappa shape index (κ2) is 6.12. The SMILES string of the molecule is CO[C@H](C)C(=O)N1CCC(c2nc3ccccc3s2)CC1. The number of methoxy groups -OCH3 is 1. The highest BCUT2D eigenvalue weighted by Crippen LogP contribution is 2.33. The number of carbonyl (C=O) groups excluding carboxylic acids is 1. The Morgan fingerprint density at radius 3 is 2.76 bits per heavy atom. The molecular formula is C16H20N2O2S. The molecule has 4 nitrogen and oxygen atoms in total. The van der Waals surface area contributed by atoms with Crippen molar-refractivity contribution in [2.75, 3.05) is 20.2 Å². The Kier molecular flexibility index (Phi) is 4.22. The second-order valence-electron chi connectivity index (χ2n) is 5.50. The van der Waals surface area contributed by atoms with Crippen LogP contribution >= 0.6 is 11.3 Å². The highest BCUT2D eigenvalue weighted by Gasteiger charge is 2.28. The van der Waals surface area contributed by atoms with Crippen molar-refractivity contribution < 1.29 is 9.53 Å². The van der Waals surface area contributed by atoms with Crippen molar-refractivity contribution in [3.63, 3.8) is 0 Å². The van der Waals surface area contributed by atoms with Crippen LogP contribution in [0, 0.1) is 0 Å². The molecule has 0 unspecified atom stereocenters. The summed E-state index contributed by atoms with van der Waals surface area (Å²) in [6.45, 7) is 3.40. The van der Waals surface area contributed by atoms with Crippen LogP contribution in [0.15, 0.2) is 24.3 Å². The maximum absolute atomic E-state index is 12.1. The third-order valence-corrected chi connectivity index (χ3v) is 5.37. The minimum atomic E-state index is -0.344. The zero-order chi connectivity index (χ0) is 14.8. The third kappa shape index (κ3) is 2.94. The molecular weight excluding hydrogens is 284 g/mol. The fraction of sp³-hybridized carbons (Fsp3) is 0.500. The summed E-state index contributed by atoms with van der Waals surface area (Å²) in [6, 6.07) is 8.26. The summed E-state index contributed by atoms with van der Waals surface area (Å²) in [4.78, 5) is 18.8. The van der Waals surface area contributed by atoms with Crippen LogP contribution in [0.4, 0.5) is 0 Å². The van der Waals surface area contributed by atoms with E-state index >= 15 is 0 Å². The van der Waals surface area contributed by atoms with E-state index in [4.69, 9.17) is 9.72 Å². The summed E-state index contributed by atoms with van der Waals surface area (Å²) in [5.41, 5.74) is 1.09. The van der Waals surface area contributed by atoms with E-state index in [-0.39, 0.29) is 12.0 Å². The molecule has 21 heavy (non-hydrogen) atoms. The van der Waals surface area contributed by atoms with Crippen LogP contribution in [-0.2, 0) is 9.53 Å². The summed E-state index contributed by atoms with van der Waals surface area (Å²) in [7, 11) is 1.58. The summed E-state index contributed by atoms with van der Waals surface area (Å²) in [5, 5.41) is 1.21. The van der Waals surface area contributed by atoms with Gasteiger partial charge in [0.2, 0.25) is 0 Å². The molecule has 1 saturated heterocycles. The molecule has 0 saturated carbocycles. The Hall–Kier alpha value is -1.46. The average molecular weight is 304 g/mol. The van der Waals surface area contributed by atoms with E-state index in [2.05, 4.69) is 18.2 Å². The standard InChI is InChI=1S/C16H20N2O2S/c1-11(20-2)16(19)18-9-7-12(8-10-18)15-17-13-5-3-4-6-14(13)21-15/h3-6,11-12H,7-10H2,1-2H3/t11-/m1/s1. The lowest BCUT2D eigenvalue weighted by Crippen LogP contribution is -2.43. The maximum atomic E-state index is 12.1. The second-order valence-corrected chi connectivity index (χ2v) is 6.56. The Morgan fingerprint density at radius 1 is 1.38 bits per heavy atom. The van der Waals surface area contributed by atoms with Gasteiger partial charge in [0.25, 0.3) is 5.91 Å². The lowest BCUT2D eigenvalue weighted by molar-refractivity contribution is -0.142. The normalized spacial score (nSPS) is 18.1. The van der Waals surface area contributed by atoms with Gasteiger partial charge < -0.3 is 9.64 Å². The van der Waals surface area contributed by atoms with Crippen LogP contribution < -0.4 is 0 Å². The number of aromatic nitrogens is 1. The molecule has 0 bridgehead atoms. The Morgan fingerprint density at radius 2 is 2.10 bits per heavy atom. The summed E-state index contributed by atoms with van der Waals surface area (Å²) in [5.74, 6) is 0.574. The van der Waals surface area contributed by atoms with Crippen LogP contribution in [-0.4, -0.2) is 42.1 Å². The lowest BCUT2D eigenvalue weighted by Gasteiger charge is -2.32. The molecule has 112 valence electrons. The van der Waals surface area contributed by atoms with E-state index in [0.717, 1.165) is 31.4 Å². The number of nitrogens with zero attached hydrogens (tertiary/aromatic N) is 2. The van der Waals surface area contributed by atoms with Crippen LogP contribution in [0.1, 0.15) is 30.7 Å². The molecule has 0 radical (unpaired) electrons. The maximum Gasteiger partial charge on any atom is 0.251 e. The predicted molar refractivity (Wildman–Crippen MR) is 84.6 cm³/mol. The number of likely N-dealkylation sites (tertiary alicyclic amines) is 1. The number of ether oxygens (including phenoxy) is 1. The number of hydrogen-bond donors (Lipinski definition) is 0. The molecule has 5 heteroatoms. The number of hydrogen-bond acceptors (Lipinski definition) is 4. The van der Waals surface area contributed by atoms with Gasteiger partial charge >= 0.3 is 0 Å². The first-order valence-corrected chi connectivity index (χ1v) is 8.17. The van der Waals surface area contributed by atoms with Crippen molar-refractivity contribution in [3.05, 3.63) is 29.3 Å². The number of amides is 1. The molecule has 2 aromatic rings. The van der Waals surface area contributed by atoms with E-state index in [1.807, 2.05) is 17.9 Å². The van der Waals surface area contributed by atoms with E-state index in [9.17, 15) is 4.79 Å². The van der Waals surface area contributed by atoms with Crippen LogP contribution in [0.3, 0.4) is 0 Å². The van der Waals surface area contributed by atoms with Crippen molar-refractivity contribution >= 4 is 27.5 Å². The molecule has 1 aromatic carbocycles. The van der Waals surface area contributed by atoms with Gasteiger partial charge in [-0.25, -0.2) is 4.98 Å². The summed E-state index contributed by atoms with van der Waals surface area (Å²) >= 11 is 1.78. The minimum Gasteiger partial charge on any atom is -0.372 e. The highest BCUT2D eigenvalue weighted by molar-refractivity contribution is 7.18. The molecule has 1 atom stereocenters. The van der Waals surface area contributed by atoms with Crippen molar-refractivity contribution in [1.29, 1.82) is 0 Å². The summed E-state index contributed by atoms with van der Waals surface area (Å²) in [6.07, 6.45) is 1.63. The fourth-order valence-electron chi connectivity index (χ4n) is 2.77. The third-order valence-electron chi connectivity index (χ3n) is 4.17. The lowest BCUT2D eigenvalue weighted by atomic mass is 9.97. The van der Waals surface area contributed by atoms with Gasteiger partial charge in [-0.05, 0) is 31.9 Å².